The molecule has 2 aromatic rings. The SMILES string of the molecule is CC[C@H](C)[C@@H]([C@@H](CC(=O)N1CCC[C@H]1C(OC)C(C)C(=O)N[C@H](C)C(=O)c1ccccc1)OC)N(C)C(=O)[C@@H](NC(=O)[C@H](C(C)C)N(C)Cc1cccc(N=C([O-])OC(C)(C)C)c1)C(C)C. The summed E-state index contributed by atoms with van der Waals surface area (Å²) in [5, 5.41) is 18.3. The van der Waals surface area contributed by atoms with E-state index in [2.05, 4.69) is 15.6 Å². The molecule has 1 aliphatic rings. The molecule has 2 unspecified atom stereocenters. The molecule has 1 fully saturated rings. The molecular weight excluding hydrogens is 841 g/mol. The first-order valence-electron chi connectivity index (χ1n) is 23.5. The van der Waals surface area contributed by atoms with Crippen molar-refractivity contribution >= 4 is 41.2 Å². The standard InChI is InChI=1S/C51H80N6O9/c1-16-33(6)44(40(64-14)29-41(58)57-27-21-26-39(57)46(65-15)34(7)47(60)52-35(8)45(59)37-23-18-17-19-24-37)56(13)49(62)42(31(2)3)54-48(61)43(32(4)5)55(12)30-36-22-20-25-38(28-36)53-50(63)66-51(9,10)11/h17-20,22-25,28,31-35,39-40,42-44,46H,16,21,26-27,29-30H2,1-15H3,(H,52,60)(H,53,63)(H,54,61)/p-1/t33-,34?,35+,39-,40+,42-,43-,44-,46?/m0/s1. The van der Waals surface area contributed by atoms with Gasteiger partial charge in [0.15, 0.2) is 11.9 Å². The normalized spacial score (nSPS) is 18.2. The van der Waals surface area contributed by atoms with Gasteiger partial charge in [0.05, 0.1) is 54.4 Å². The zero-order chi connectivity index (χ0) is 49.6. The molecular formula is C51H79N6O9-. The largest absolute Gasteiger partial charge is 0.594 e. The number of carbonyl (C=O) groups excluding carboxylic acids is 5. The number of methoxy groups -OCH3 is 2. The molecule has 2 N–H and O–H groups in total. The molecule has 0 saturated carbocycles. The first-order valence-corrected chi connectivity index (χ1v) is 23.5. The average molecular weight is 920 g/mol. The lowest BCUT2D eigenvalue weighted by molar-refractivity contribution is -0.259. The number of benzene rings is 2. The minimum Gasteiger partial charge on any atom is -0.594 e. The summed E-state index contributed by atoms with van der Waals surface area (Å²) in [6.07, 6.45) is 0.00294. The summed E-state index contributed by atoms with van der Waals surface area (Å²) in [6.45, 7) is 21.3. The number of amides is 4. The van der Waals surface area contributed by atoms with Gasteiger partial charge in [0.1, 0.15) is 6.04 Å². The molecule has 0 bridgehead atoms. The minimum absolute atomic E-state index is 0.0234. The summed E-state index contributed by atoms with van der Waals surface area (Å²) < 4.78 is 17.4. The number of aliphatic imine (C=N–C) groups is 1. The Kier molecular flexibility index (Phi) is 21.3. The Bertz CT molecular complexity index is 1930. The highest BCUT2D eigenvalue weighted by Gasteiger charge is 2.43. The zero-order valence-electron chi connectivity index (χ0n) is 42.3. The third-order valence-electron chi connectivity index (χ3n) is 12.6. The molecule has 0 aliphatic carbocycles. The van der Waals surface area contributed by atoms with Gasteiger partial charge in [-0.05, 0) is 62.3 Å². The van der Waals surface area contributed by atoms with Crippen LogP contribution in [0.3, 0.4) is 0 Å². The van der Waals surface area contributed by atoms with Crippen LogP contribution < -0.4 is 15.7 Å². The molecule has 1 aliphatic heterocycles. The van der Waals surface area contributed by atoms with Crippen LogP contribution in [0.15, 0.2) is 59.6 Å². The van der Waals surface area contributed by atoms with E-state index in [4.69, 9.17) is 14.2 Å². The van der Waals surface area contributed by atoms with Crippen molar-refractivity contribution in [3.8, 4) is 0 Å². The van der Waals surface area contributed by atoms with Crippen LogP contribution in [0.2, 0.25) is 0 Å². The molecule has 15 nitrogen and oxygen atoms in total. The molecule has 0 radical (unpaired) electrons. The zero-order valence-corrected chi connectivity index (χ0v) is 42.3. The number of Topliss-reactive ketones (excluding diaryl/α,β-unsaturated/α-hetero) is 1. The van der Waals surface area contributed by atoms with Crippen LogP contribution in [0, 0.1) is 23.7 Å². The van der Waals surface area contributed by atoms with Crippen LogP contribution in [-0.4, -0.2) is 133 Å². The first kappa shape index (κ1) is 55.5. The van der Waals surface area contributed by atoms with Gasteiger partial charge >= 0.3 is 0 Å². The van der Waals surface area contributed by atoms with Gasteiger partial charge in [-0.15, -0.1) is 0 Å². The number of hydrogen-bond acceptors (Lipinski definition) is 11. The smallest absolute Gasteiger partial charge is 0.245 e. The Morgan fingerprint density at radius 3 is 2.09 bits per heavy atom. The molecule has 9 atom stereocenters. The Labute approximate surface area is 394 Å². The quantitative estimate of drug-likeness (QED) is 0.0791. The van der Waals surface area contributed by atoms with E-state index in [1.165, 1.54) is 7.11 Å². The van der Waals surface area contributed by atoms with Gasteiger partial charge in [0, 0.05) is 45.5 Å². The molecule has 1 saturated heterocycles. The van der Waals surface area contributed by atoms with Crippen molar-refractivity contribution in [2.45, 2.75) is 156 Å². The van der Waals surface area contributed by atoms with E-state index in [1.807, 2.05) is 65.6 Å². The number of carbonyl (C=O) groups is 5. The maximum absolute atomic E-state index is 14.7. The van der Waals surface area contributed by atoms with E-state index in [9.17, 15) is 29.1 Å². The van der Waals surface area contributed by atoms with Gasteiger partial charge < -0.3 is 39.8 Å². The summed E-state index contributed by atoms with van der Waals surface area (Å²) in [6, 6.07) is 12.8. The second-order valence-electron chi connectivity index (χ2n) is 19.6. The van der Waals surface area contributed by atoms with E-state index in [1.54, 1.807) is 101 Å². The van der Waals surface area contributed by atoms with E-state index in [0.29, 0.717) is 37.2 Å². The highest BCUT2D eigenvalue weighted by molar-refractivity contribution is 6.01. The predicted molar refractivity (Wildman–Crippen MR) is 256 cm³/mol. The molecule has 2 aromatic carbocycles. The van der Waals surface area contributed by atoms with Crippen molar-refractivity contribution in [3.63, 3.8) is 0 Å². The summed E-state index contributed by atoms with van der Waals surface area (Å²) in [4.78, 5) is 79.3. The lowest BCUT2D eigenvalue weighted by Gasteiger charge is -2.41. The Hall–Kier alpha value is -4.86. The van der Waals surface area contributed by atoms with Crippen LogP contribution in [0.4, 0.5) is 5.69 Å². The fourth-order valence-electron chi connectivity index (χ4n) is 9.05. The van der Waals surface area contributed by atoms with Crippen molar-refractivity contribution in [2.75, 3.05) is 34.9 Å². The van der Waals surface area contributed by atoms with E-state index in [0.717, 1.165) is 12.0 Å². The number of nitrogens with zero attached hydrogens (tertiary/aromatic N) is 4. The van der Waals surface area contributed by atoms with Gasteiger partial charge in [-0.25, -0.2) is 4.99 Å². The van der Waals surface area contributed by atoms with Gasteiger partial charge in [0.2, 0.25) is 23.6 Å². The van der Waals surface area contributed by atoms with Crippen LogP contribution in [0.25, 0.3) is 0 Å². The van der Waals surface area contributed by atoms with E-state index >= 15 is 0 Å². The van der Waals surface area contributed by atoms with Crippen molar-refractivity contribution in [1.82, 2.24) is 25.3 Å². The third-order valence-corrected chi connectivity index (χ3v) is 12.6. The second kappa shape index (κ2) is 25.3. The topological polar surface area (TPSA) is 182 Å². The molecule has 3 rings (SSSR count). The van der Waals surface area contributed by atoms with Crippen LogP contribution >= 0.6 is 0 Å². The molecule has 368 valence electrons. The average Bonchev–Trinajstić information content (AvgIpc) is 3.74. The molecule has 0 aromatic heterocycles. The highest BCUT2D eigenvalue weighted by atomic mass is 16.6. The van der Waals surface area contributed by atoms with E-state index in [-0.39, 0.29) is 53.6 Å². The van der Waals surface area contributed by atoms with Gasteiger partial charge in [-0.2, -0.15) is 0 Å². The number of hydrogen-bond donors (Lipinski definition) is 2. The van der Waals surface area contributed by atoms with Crippen LogP contribution in [0.1, 0.15) is 118 Å². The Morgan fingerprint density at radius 2 is 1.53 bits per heavy atom. The molecule has 15 heteroatoms. The predicted octanol–water partition coefficient (Wildman–Crippen LogP) is 5.75. The Morgan fingerprint density at radius 1 is 0.879 bits per heavy atom. The van der Waals surface area contributed by atoms with Gasteiger partial charge in [0.25, 0.3) is 0 Å². The summed E-state index contributed by atoms with van der Waals surface area (Å²) >= 11 is 0. The summed E-state index contributed by atoms with van der Waals surface area (Å²) in [5.41, 5.74) is 1.11. The van der Waals surface area contributed by atoms with Crippen LogP contribution in [0.5, 0.6) is 0 Å². The van der Waals surface area contributed by atoms with Crippen molar-refractivity contribution < 1.29 is 43.3 Å². The maximum Gasteiger partial charge on any atom is 0.245 e. The number of ether oxygens (including phenoxy) is 3. The number of nitrogens with one attached hydrogen (secondary N) is 2. The molecule has 4 amide bonds. The second-order valence-corrected chi connectivity index (χ2v) is 19.6. The highest BCUT2D eigenvalue weighted by Crippen LogP contribution is 2.30. The summed E-state index contributed by atoms with van der Waals surface area (Å²) in [7, 11) is 6.64. The summed E-state index contributed by atoms with van der Waals surface area (Å²) in [5.74, 6) is -2.48. The number of ketones is 1. The molecule has 1 heterocycles. The fraction of sp³-hybridized carbons (Fsp3) is 0.647. The lowest BCUT2D eigenvalue weighted by Crippen LogP contribution is -2.60. The number of rotatable bonds is 23. The lowest BCUT2D eigenvalue weighted by atomic mass is 9.89. The van der Waals surface area contributed by atoms with Crippen molar-refractivity contribution in [1.29, 1.82) is 0 Å². The van der Waals surface area contributed by atoms with E-state index < -0.39 is 60.0 Å². The van der Waals surface area contributed by atoms with Crippen LogP contribution in [-0.2, 0) is 39.9 Å². The maximum atomic E-state index is 14.7. The number of likely N-dealkylation sites (tertiary alicyclic amines) is 1. The molecule has 0 spiro atoms. The monoisotopic (exact) mass is 920 g/mol. The van der Waals surface area contributed by atoms with Crippen molar-refractivity contribution in [2.24, 2.45) is 28.7 Å². The van der Waals surface area contributed by atoms with Crippen molar-refractivity contribution in [3.05, 3.63) is 65.7 Å². The molecule has 66 heavy (non-hydrogen) atoms. The third kappa shape index (κ3) is 15.3. The van der Waals surface area contributed by atoms with Gasteiger partial charge in [-0.1, -0.05) is 118 Å². The minimum atomic E-state index is -0.878. The number of likely N-dealkylation sites (N-methyl/N-ethyl adjacent to an activating group) is 2. The van der Waals surface area contributed by atoms with Gasteiger partial charge in [-0.3, -0.25) is 28.9 Å². The fourth-order valence-corrected chi connectivity index (χ4v) is 9.05. The Balaban J connectivity index is 1.78. The first-order chi connectivity index (χ1) is 30.9.